The third-order valence-electron chi connectivity index (χ3n) is 3.54. The van der Waals surface area contributed by atoms with E-state index in [-0.39, 0.29) is 12.0 Å². The van der Waals surface area contributed by atoms with Gasteiger partial charge in [0.1, 0.15) is 5.75 Å². The molecule has 0 aliphatic rings. The van der Waals surface area contributed by atoms with Crippen molar-refractivity contribution in [1.82, 2.24) is 5.32 Å². The quantitative estimate of drug-likeness (QED) is 0.703. The van der Waals surface area contributed by atoms with Crippen LogP contribution in [0.1, 0.15) is 58.1 Å². The molecule has 1 atom stereocenters. The molecule has 0 saturated heterocycles. The Morgan fingerprint density at radius 3 is 2.48 bits per heavy atom. The average molecular weight is 321 g/mol. The number of hydrogen-bond acceptors (Lipinski definition) is 3. The molecule has 1 rings (SSSR count). The highest BCUT2D eigenvalue weighted by molar-refractivity contribution is 5.80. The lowest BCUT2D eigenvalue weighted by atomic mass is 10.0. The molecule has 0 aromatic heterocycles. The van der Waals surface area contributed by atoms with Gasteiger partial charge in [-0.05, 0) is 57.2 Å². The Labute approximate surface area is 140 Å². The molecule has 0 heterocycles. The molecule has 0 bridgehead atoms. The van der Waals surface area contributed by atoms with E-state index >= 15 is 0 Å². The molecule has 130 valence electrons. The number of amides is 1. The van der Waals surface area contributed by atoms with Gasteiger partial charge in [-0.2, -0.15) is 0 Å². The maximum absolute atomic E-state index is 12.1. The second-order valence-corrected chi connectivity index (χ2v) is 6.52. The molecule has 4 heteroatoms. The third-order valence-corrected chi connectivity index (χ3v) is 3.54. The molecule has 0 fully saturated rings. The highest BCUT2D eigenvalue weighted by Crippen LogP contribution is 2.28. The van der Waals surface area contributed by atoms with E-state index in [9.17, 15) is 4.79 Å². The van der Waals surface area contributed by atoms with Gasteiger partial charge < -0.3 is 14.8 Å². The van der Waals surface area contributed by atoms with Crippen LogP contribution in [0.25, 0.3) is 0 Å². The van der Waals surface area contributed by atoms with Gasteiger partial charge in [-0.1, -0.05) is 26.0 Å². The predicted molar refractivity (Wildman–Crippen MR) is 94.1 cm³/mol. The van der Waals surface area contributed by atoms with E-state index in [0.29, 0.717) is 19.1 Å². The smallest absolute Gasteiger partial charge is 0.260 e. The van der Waals surface area contributed by atoms with Crippen LogP contribution in [0.5, 0.6) is 5.75 Å². The molecule has 23 heavy (non-hydrogen) atoms. The minimum absolute atomic E-state index is 0.0919. The summed E-state index contributed by atoms with van der Waals surface area (Å²) in [6.45, 7) is 13.3. The van der Waals surface area contributed by atoms with Crippen LogP contribution in [0.15, 0.2) is 18.2 Å². The van der Waals surface area contributed by atoms with Gasteiger partial charge in [0.2, 0.25) is 0 Å². The monoisotopic (exact) mass is 321 g/mol. The molecule has 0 radical (unpaired) electrons. The van der Waals surface area contributed by atoms with Crippen molar-refractivity contribution in [1.29, 1.82) is 0 Å². The van der Waals surface area contributed by atoms with Gasteiger partial charge >= 0.3 is 0 Å². The largest absolute Gasteiger partial charge is 0.481 e. The molecule has 0 aliphatic carbocycles. The Hall–Kier alpha value is -1.55. The molecule has 0 aliphatic heterocycles. The van der Waals surface area contributed by atoms with Crippen LogP contribution < -0.4 is 10.1 Å². The molecular weight excluding hydrogens is 290 g/mol. The number of hydrogen-bond donors (Lipinski definition) is 1. The van der Waals surface area contributed by atoms with Crippen molar-refractivity contribution in [3.63, 3.8) is 0 Å². The number of carbonyl (C=O) groups is 1. The lowest BCUT2D eigenvalue weighted by Gasteiger charge is -2.19. The lowest BCUT2D eigenvalue weighted by molar-refractivity contribution is -0.127. The van der Waals surface area contributed by atoms with Gasteiger partial charge in [-0.25, -0.2) is 0 Å². The zero-order valence-corrected chi connectivity index (χ0v) is 15.3. The summed E-state index contributed by atoms with van der Waals surface area (Å²) in [6, 6.07) is 6.14. The van der Waals surface area contributed by atoms with E-state index < -0.39 is 6.10 Å². The molecule has 1 amide bonds. The lowest BCUT2D eigenvalue weighted by Crippen LogP contribution is -2.37. The van der Waals surface area contributed by atoms with Gasteiger partial charge in [0, 0.05) is 13.2 Å². The average Bonchev–Trinajstić information content (AvgIpc) is 2.46. The zero-order chi connectivity index (χ0) is 17.4. The van der Waals surface area contributed by atoms with Crippen molar-refractivity contribution in [3.8, 4) is 5.75 Å². The van der Waals surface area contributed by atoms with Gasteiger partial charge in [0.25, 0.3) is 5.91 Å². The summed E-state index contributed by atoms with van der Waals surface area (Å²) in [5, 5.41) is 2.90. The highest BCUT2D eigenvalue weighted by atomic mass is 16.5. The van der Waals surface area contributed by atoms with Crippen LogP contribution >= 0.6 is 0 Å². The van der Waals surface area contributed by atoms with Crippen LogP contribution in [-0.2, 0) is 9.53 Å². The number of benzene rings is 1. The van der Waals surface area contributed by atoms with Crippen molar-refractivity contribution in [2.75, 3.05) is 13.2 Å². The van der Waals surface area contributed by atoms with Gasteiger partial charge in [0.15, 0.2) is 6.10 Å². The Bertz CT molecular complexity index is 497. The highest BCUT2D eigenvalue weighted by Gasteiger charge is 2.17. The molecule has 1 aromatic carbocycles. The topological polar surface area (TPSA) is 47.6 Å². The summed E-state index contributed by atoms with van der Waals surface area (Å²) in [5.41, 5.74) is 2.25. The molecule has 1 N–H and O–H groups in total. The van der Waals surface area contributed by atoms with Crippen molar-refractivity contribution in [2.24, 2.45) is 0 Å². The van der Waals surface area contributed by atoms with E-state index in [0.717, 1.165) is 23.3 Å². The van der Waals surface area contributed by atoms with Crippen LogP contribution in [0.3, 0.4) is 0 Å². The first-order chi connectivity index (χ1) is 10.8. The maximum atomic E-state index is 12.1. The van der Waals surface area contributed by atoms with Crippen LogP contribution in [0.4, 0.5) is 0 Å². The first-order valence-electron chi connectivity index (χ1n) is 8.47. The molecular formula is C19H31NO3. The second-order valence-electron chi connectivity index (χ2n) is 6.52. The standard InChI is InChI=1S/C19H31NO3/c1-13(2)17-9-8-15(5)12-18(17)23-16(6)19(21)20-10-7-11-22-14(3)4/h8-9,12-14,16H,7,10-11H2,1-6H3,(H,20,21)/t16-/m0/s1. The fraction of sp³-hybridized carbons (Fsp3) is 0.632. The van der Waals surface area contributed by atoms with E-state index in [1.54, 1.807) is 6.92 Å². The first-order valence-corrected chi connectivity index (χ1v) is 8.47. The summed E-state index contributed by atoms with van der Waals surface area (Å²) >= 11 is 0. The first kappa shape index (κ1) is 19.5. The van der Waals surface area contributed by atoms with E-state index in [2.05, 4.69) is 31.3 Å². The summed E-state index contributed by atoms with van der Waals surface area (Å²) in [5.74, 6) is 1.06. The fourth-order valence-electron chi connectivity index (χ4n) is 2.21. The fourth-order valence-corrected chi connectivity index (χ4v) is 2.21. The van der Waals surface area contributed by atoms with Gasteiger partial charge in [-0.15, -0.1) is 0 Å². The number of aryl methyl sites for hydroxylation is 1. The molecule has 1 aromatic rings. The SMILES string of the molecule is Cc1ccc(C(C)C)c(O[C@@H](C)C(=O)NCCCOC(C)C)c1. The predicted octanol–water partition coefficient (Wildman–Crippen LogP) is 3.82. The Morgan fingerprint density at radius 1 is 1.17 bits per heavy atom. The number of rotatable bonds is 9. The van der Waals surface area contributed by atoms with Crippen molar-refractivity contribution >= 4 is 5.91 Å². The number of ether oxygens (including phenoxy) is 2. The Balaban J connectivity index is 2.50. The Kier molecular flexibility index (Phi) is 8.10. The molecule has 0 spiro atoms. The summed E-state index contributed by atoms with van der Waals surface area (Å²) in [7, 11) is 0. The van der Waals surface area contributed by atoms with E-state index in [1.807, 2.05) is 26.8 Å². The maximum Gasteiger partial charge on any atom is 0.260 e. The van der Waals surface area contributed by atoms with Crippen LogP contribution in [-0.4, -0.2) is 31.3 Å². The van der Waals surface area contributed by atoms with Crippen LogP contribution in [0.2, 0.25) is 0 Å². The van der Waals surface area contributed by atoms with Crippen molar-refractivity contribution in [3.05, 3.63) is 29.3 Å². The second kappa shape index (κ2) is 9.56. The van der Waals surface area contributed by atoms with E-state index in [1.165, 1.54) is 0 Å². The van der Waals surface area contributed by atoms with Gasteiger partial charge in [0.05, 0.1) is 6.10 Å². The number of nitrogens with one attached hydrogen (secondary N) is 1. The Morgan fingerprint density at radius 2 is 1.87 bits per heavy atom. The molecule has 4 nitrogen and oxygen atoms in total. The van der Waals surface area contributed by atoms with Crippen molar-refractivity contribution < 1.29 is 14.3 Å². The minimum Gasteiger partial charge on any atom is -0.481 e. The van der Waals surface area contributed by atoms with Gasteiger partial charge in [-0.3, -0.25) is 4.79 Å². The van der Waals surface area contributed by atoms with E-state index in [4.69, 9.17) is 9.47 Å². The van der Waals surface area contributed by atoms with Crippen molar-refractivity contribution in [2.45, 2.75) is 66.1 Å². The summed E-state index contributed by atoms with van der Waals surface area (Å²) in [4.78, 5) is 12.1. The normalized spacial score (nSPS) is 12.5. The summed E-state index contributed by atoms with van der Waals surface area (Å²) in [6.07, 6.45) is 0.516. The van der Waals surface area contributed by atoms with Crippen LogP contribution in [0, 0.1) is 6.92 Å². The number of carbonyl (C=O) groups excluding carboxylic acids is 1. The minimum atomic E-state index is -0.514. The molecule has 0 saturated carbocycles. The zero-order valence-electron chi connectivity index (χ0n) is 15.3. The summed E-state index contributed by atoms with van der Waals surface area (Å²) < 4.78 is 11.4. The third kappa shape index (κ3) is 7.04. The molecule has 0 unspecified atom stereocenters.